The van der Waals surface area contributed by atoms with E-state index in [1.54, 1.807) is 12.3 Å². The summed E-state index contributed by atoms with van der Waals surface area (Å²) in [7, 11) is 0. The lowest BCUT2D eigenvalue weighted by molar-refractivity contribution is 1.27. The van der Waals surface area contributed by atoms with Gasteiger partial charge in [-0.05, 0) is 36.8 Å². The topological polar surface area (TPSA) is 74.7 Å². The maximum atomic E-state index is 9.07. The second-order valence-corrected chi connectivity index (χ2v) is 4.77. The third-order valence-corrected chi connectivity index (χ3v) is 3.01. The average molecular weight is 303 g/mol. The number of benzene rings is 1. The molecule has 0 unspecified atom stereocenters. The normalized spacial score (nSPS) is 9.83. The molecule has 4 nitrogen and oxygen atoms in total. The number of nitrogens with two attached hydrogens (primary N) is 1. The molecule has 0 aliphatic heterocycles. The average Bonchev–Trinajstić information content (AvgIpc) is 2.36. The lowest BCUT2D eigenvalue weighted by Crippen LogP contribution is -1.98. The molecule has 2 aromatic rings. The fraction of sp³-hybridized carbons (Fsp3) is 0.0769. The van der Waals surface area contributed by atoms with Gasteiger partial charge in [0.2, 0.25) is 0 Å². The van der Waals surface area contributed by atoms with Gasteiger partial charge in [0.25, 0.3) is 0 Å². The molecule has 5 heteroatoms. The Labute approximate surface area is 114 Å². The number of halogens is 1. The molecule has 0 spiro atoms. The van der Waals surface area contributed by atoms with E-state index >= 15 is 0 Å². The summed E-state index contributed by atoms with van der Waals surface area (Å²) in [6.45, 7) is 1.91. The number of aryl methyl sites for hydroxylation is 1. The van der Waals surface area contributed by atoms with Gasteiger partial charge in [-0.1, -0.05) is 15.9 Å². The summed E-state index contributed by atoms with van der Waals surface area (Å²) in [5.41, 5.74) is 8.58. The summed E-state index contributed by atoms with van der Waals surface area (Å²) < 4.78 is 0.867. The van der Waals surface area contributed by atoms with Crippen LogP contribution in [-0.4, -0.2) is 4.98 Å². The van der Waals surface area contributed by atoms with Crippen molar-refractivity contribution < 1.29 is 0 Å². The number of nitrogen functional groups attached to an aromatic ring is 1. The maximum Gasteiger partial charge on any atom is 0.130 e. The first-order chi connectivity index (χ1) is 8.60. The SMILES string of the molecule is Cc1cc(Nc2ccc(Br)cc2C#N)ncc1N. The highest BCUT2D eigenvalue weighted by Crippen LogP contribution is 2.24. The molecule has 3 N–H and O–H groups in total. The molecular weight excluding hydrogens is 292 g/mol. The quantitative estimate of drug-likeness (QED) is 0.892. The first kappa shape index (κ1) is 12.4. The van der Waals surface area contributed by atoms with Crippen molar-refractivity contribution in [2.75, 3.05) is 11.1 Å². The van der Waals surface area contributed by atoms with E-state index in [-0.39, 0.29) is 0 Å². The van der Waals surface area contributed by atoms with Gasteiger partial charge in [0.05, 0.1) is 23.1 Å². The predicted octanol–water partition coefficient (Wildman–Crippen LogP) is 3.35. The van der Waals surface area contributed by atoms with Crippen LogP contribution in [0.5, 0.6) is 0 Å². The van der Waals surface area contributed by atoms with Crippen LogP contribution in [0.25, 0.3) is 0 Å². The van der Waals surface area contributed by atoms with Gasteiger partial charge in [-0.2, -0.15) is 5.26 Å². The maximum absolute atomic E-state index is 9.07. The number of aromatic nitrogens is 1. The fourth-order valence-corrected chi connectivity index (χ4v) is 1.85. The number of nitrogens with zero attached hydrogens (tertiary/aromatic N) is 2. The Morgan fingerprint density at radius 1 is 1.39 bits per heavy atom. The fourth-order valence-electron chi connectivity index (χ4n) is 1.49. The molecule has 0 radical (unpaired) electrons. The van der Waals surface area contributed by atoms with E-state index in [2.05, 4.69) is 32.3 Å². The van der Waals surface area contributed by atoms with Gasteiger partial charge < -0.3 is 11.1 Å². The number of rotatable bonds is 2. The minimum absolute atomic E-state index is 0.556. The van der Waals surface area contributed by atoms with E-state index in [9.17, 15) is 0 Å². The zero-order valence-corrected chi connectivity index (χ0v) is 11.3. The summed E-state index contributed by atoms with van der Waals surface area (Å²) in [6, 6.07) is 9.44. The molecule has 0 saturated carbocycles. The Kier molecular flexibility index (Phi) is 3.49. The van der Waals surface area contributed by atoms with E-state index in [1.165, 1.54) is 0 Å². The van der Waals surface area contributed by atoms with Crippen molar-refractivity contribution in [3.63, 3.8) is 0 Å². The molecule has 1 aromatic carbocycles. The smallest absolute Gasteiger partial charge is 0.130 e. The van der Waals surface area contributed by atoms with E-state index < -0.39 is 0 Å². The van der Waals surface area contributed by atoms with Gasteiger partial charge >= 0.3 is 0 Å². The molecule has 90 valence electrons. The molecule has 0 bridgehead atoms. The molecular formula is C13H11BrN4. The third-order valence-electron chi connectivity index (χ3n) is 2.52. The minimum atomic E-state index is 0.556. The molecule has 0 aliphatic rings. The van der Waals surface area contributed by atoms with Crippen LogP contribution in [0, 0.1) is 18.3 Å². The van der Waals surface area contributed by atoms with Crippen LogP contribution in [0.3, 0.4) is 0 Å². The number of nitrogens with one attached hydrogen (secondary N) is 1. The summed E-state index contributed by atoms with van der Waals surface area (Å²) in [5, 5.41) is 12.2. The highest BCUT2D eigenvalue weighted by molar-refractivity contribution is 9.10. The van der Waals surface area contributed by atoms with Crippen LogP contribution in [-0.2, 0) is 0 Å². The third kappa shape index (κ3) is 2.60. The number of nitriles is 1. The lowest BCUT2D eigenvalue weighted by Gasteiger charge is -2.09. The van der Waals surface area contributed by atoms with Crippen molar-refractivity contribution >= 4 is 33.1 Å². The molecule has 0 atom stereocenters. The van der Waals surface area contributed by atoms with E-state index in [4.69, 9.17) is 11.0 Å². The Hall–Kier alpha value is -2.06. The highest BCUT2D eigenvalue weighted by atomic mass is 79.9. The summed E-state index contributed by atoms with van der Waals surface area (Å²) in [5.74, 6) is 0.667. The van der Waals surface area contributed by atoms with Gasteiger partial charge in [-0.25, -0.2) is 4.98 Å². The summed E-state index contributed by atoms with van der Waals surface area (Å²) in [6.07, 6.45) is 1.60. The van der Waals surface area contributed by atoms with Crippen molar-refractivity contribution in [3.05, 3.63) is 46.1 Å². The number of hydrogen-bond donors (Lipinski definition) is 2. The molecule has 1 heterocycles. The standard InChI is InChI=1S/C13H11BrN4/c1-8-4-13(17-7-11(8)16)18-12-3-2-10(14)5-9(12)6-15/h2-5,7H,16H2,1H3,(H,17,18). The largest absolute Gasteiger partial charge is 0.397 e. The first-order valence-electron chi connectivity index (χ1n) is 5.29. The Bertz CT molecular complexity index is 631. The van der Waals surface area contributed by atoms with Gasteiger partial charge in [-0.15, -0.1) is 0 Å². The van der Waals surface area contributed by atoms with E-state index in [1.807, 2.05) is 25.1 Å². The number of anilines is 3. The second kappa shape index (κ2) is 5.07. The van der Waals surface area contributed by atoms with Crippen molar-refractivity contribution in [1.82, 2.24) is 4.98 Å². The molecule has 2 rings (SSSR count). The van der Waals surface area contributed by atoms with Gasteiger partial charge in [-0.3, -0.25) is 0 Å². The molecule has 0 aliphatic carbocycles. The molecule has 1 aromatic heterocycles. The number of hydrogen-bond acceptors (Lipinski definition) is 4. The van der Waals surface area contributed by atoms with Gasteiger partial charge in [0, 0.05) is 4.47 Å². The van der Waals surface area contributed by atoms with Gasteiger partial charge in [0.1, 0.15) is 11.9 Å². The number of pyridine rings is 1. The summed E-state index contributed by atoms with van der Waals surface area (Å²) >= 11 is 3.33. The van der Waals surface area contributed by atoms with E-state index in [0.717, 1.165) is 15.7 Å². The Balaban J connectivity index is 2.34. The zero-order valence-electron chi connectivity index (χ0n) is 9.74. The van der Waals surface area contributed by atoms with Crippen molar-refractivity contribution in [3.8, 4) is 6.07 Å². The lowest BCUT2D eigenvalue weighted by atomic mass is 10.2. The van der Waals surface area contributed by atoms with Crippen LogP contribution in [0.4, 0.5) is 17.2 Å². The van der Waals surface area contributed by atoms with Crippen LogP contribution in [0.2, 0.25) is 0 Å². The van der Waals surface area contributed by atoms with Crippen molar-refractivity contribution in [2.45, 2.75) is 6.92 Å². The van der Waals surface area contributed by atoms with E-state index in [0.29, 0.717) is 17.1 Å². The van der Waals surface area contributed by atoms with Gasteiger partial charge in [0.15, 0.2) is 0 Å². The minimum Gasteiger partial charge on any atom is -0.397 e. The molecule has 0 amide bonds. The second-order valence-electron chi connectivity index (χ2n) is 3.85. The van der Waals surface area contributed by atoms with Crippen LogP contribution in [0.1, 0.15) is 11.1 Å². The summed E-state index contributed by atoms with van der Waals surface area (Å²) in [4.78, 5) is 4.17. The van der Waals surface area contributed by atoms with Crippen LogP contribution in [0.15, 0.2) is 34.9 Å². The monoisotopic (exact) mass is 302 g/mol. The Morgan fingerprint density at radius 2 is 2.17 bits per heavy atom. The first-order valence-corrected chi connectivity index (χ1v) is 6.08. The molecule has 0 fully saturated rings. The molecule has 18 heavy (non-hydrogen) atoms. The Morgan fingerprint density at radius 3 is 2.83 bits per heavy atom. The van der Waals surface area contributed by atoms with Crippen LogP contribution < -0.4 is 11.1 Å². The molecule has 0 saturated heterocycles. The van der Waals surface area contributed by atoms with Crippen molar-refractivity contribution in [2.24, 2.45) is 0 Å². The zero-order chi connectivity index (χ0) is 13.1. The highest BCUT2D eigenvalue weighted by Gasteiger charge is 2.04. The predicted molar refractivity (Wildman–Crippen MR) is 75.5 cm³/mol. The van der Waals surface area contributed by atoms with Crippen molar-refractivity contribution in [1.29, 1.82) is 5.26 Å². The van der Waals surface area contributed by atoms with Crippen LogP contribution >= 0.6 is 15.9 Å².